The van der Waals surface area contributed by atoms with Gasteiger partial charge < -0.3 is 5.32 Å². The molecular weight excluding hydrogens is 236 g/mol. The lowest BCUT2D eigenvalue weighted by Gasteiger charge is -1.97. The van der Waals surface area contributed by atoms with E-state index in [-0.39, 0.29) is 18.1 Å². The van der Waals surface area contributed by atoms with Crippen LogP contribution in [-0.2, 0) is 9.59 Å². The van der Waals surface area contributed by atoms with E-state index in [2.05, 4.69) is 10.3 Å². The van der Waals surface area contributed by atoms with Crippen LogP contribution in [0.1, 0.15) is 18.9 Å². The highest BCUT2D eigenvalue weighted by Crippen LogP contribution is 2.27. The second-order valence-electron chi connectivity index (χ2n) is 3.87. The zero-order chi connectivity index (χ0) is 12.4. The van der Waals surface area contributed by atoms with E-state index in [1.165, 1.54) is 18.3 Å². The van der Waals surface area contributed by atoms with Crippen molar-refractivity contribution in [1.29, 1.82) is 0 Å². The number of nitrogens with one attached hydrogen (secondary N) is 1. The van der Waals surface area contributed by atoms with Crippen LogP contribution in [0.25, 0.3) is 10.2 Å². The lowest BCUT2D eigenvalue weighted by Crippen LogP contribution is -2.14. The highest BCUT2D eigenvalue weighted by atomic mass is 32.1. The van der Waals surface area contributed by atoms with Crippen molar-refractivity contribution in [1.82, 2.24) is 4.98 Å². The number of anilines is 1. The number of rotatable bonds is 3. The summed E-state index contributed by atoms with van der Waals surface area (Å²) in [7, 11) is 0. The van der Waals surface area contributed by atoms with Gasteiger partial charge in [0.2, 0.25) is 5.91 Å². The maximum atomic E-state index is 11.4. The van der Waals surface area contributed by atoms with E-state index in [9.17, 15) is 9.59 Å². The summed E-state index contributed by atoms with van der Waals surface area (Å²) in [5.41, 5.74) is 1.97. The Labute approximate surface area is 103 Å². The monoisotopic (exact) mass is 248 g/mol. The van der Waals surface area contributed by atoms with E-state index in [0.29, 0.717) is 5.13 Å². The summed E-state index contributed by atoms with van der Waals surface area (Å²) < 4.78 is 1.03. The van der Waals surface area contributed by atoms with Crippen LogP contribution in [0, 0.1) is 6.92 Å². The van der Waals surface area contributed by atoms with Crippen molar-refractivity contribution in [3.05, 3.63) is 23.8 Å². The van der Waals surface area contributed by atoms with E-state index >= 15 is 0 Å². The van der Waals surface area contributed by atoms with Crippen molar-refractivity contribution >= 4 is 38.4 Å². The Morgan fingerprint density at radius 3 is 2.82 bits per heavy atom. The van der Waals surface area contributed by atoms with Crippen LogP contribution in [0.15, 0.2) is 18.2 Å². The molecule has 17 heavy (non-hydrogen) atoms. The number of fused-ring (bicyclic) bond motifs is 1. The predicted octanol–water partition coefficient (Wildman–Crippen LogP) is 2.52. The molecule has 1 aromatic carbocycles. The van der Waals surface area contributed by atoms with Crippen molar-refractivity contribution in [2.45, 2.75) is 20.3 Å². The number of thiazole rings is 1. The Morgan fingerprint density at radius 1 is 1.41 bits per heavy atom. The summed E-state index contributed by atoms with van der Waals surface area (Å²) in [6, 6.07) is 5.89. The maximum Gasteiger partial charge on any atom is 0.233 e. The summed E-state index contributed by atoms with van der Waals surface area (Å²) in [5.74, 6) is -0.464. The van der Waals surface area contributed by atoms with Gasteiger partial charge in [0.25, 0.3) is 0 Å². The number of Topliss-reactive ketones (excluding diaryl/α,β-unsaturated/α-hetero) is 1. The van der Waals surface area contributed by atoms with Crippen molar-refractivity contribution in [3.8, 4) is 0 Å². The SMILES string of the molecule is CC(=O)CC(=O)Nc1nc2c(C)cccc2s1. The lowest BCUT2D eigenvalue weighted by atomic mass is 10.2. The van der Waals surface area contributed by atoms with Gasteiger partial charge in [-0.25, -0.2) is 4.98 Å². The fourth-order valence-corrected chi connectivity index (χ4v) is 2.49. The van der Waals surface area contributed by atoms with Crippen LogP contribution in [0.3, 0.4) is 0 Å². The van der Waals surface area contributed by atoms with Crippen LogP contribution in [0.4, 0.5) is 5.13 Å². The van der Waals surface area contributed by atoms with Crippen LogP contribution in [0.2, 0.25) is 0 Å². The molecule has 0 saturated heterocycles. The Balaban J connectivity index is 2.23. The Morgan fingerprint density at radius 2 is 2.18 bits per heavy atom. The fourth-order valence-electron chi connectivity index (χ4n) is 1.53. The van der Waals surface area contributed by atoms with Crippen molar-refractivity contribution in [3.63, 3.8) is 0 Å². The first-order valence-corrected chi connectivity index (χ1v) is 6.03. The normalized spacial score (nSPS) is 10.5. The number of hydrogen-bond acceptors (Lipinski definition) is 4. The van der Waals surface area contributed by atoms with Gasteiger partial charge in [-0.3, -0.25) is 9.59 Å². The quantitative estimate of drug-likeness (QED) is 0.849. The number of nitrogens with zero attached hydrogens (tertiary/aromatic N) is 1. The molecule has 0 saturated carbocycles. The third-order valence-corrected chi connectivity index (χ3v) is 3.21. The van der Waals surface area contributed by atoms with Crippen LogP contribution in [0.5, 0.6) is 0 Å². The van der Waals surface area contributed by atoms with Gasteiger partial charge in [0.05, 0.1) is 16.6 Å². The zero-order valence-electron chi connectivity index (χ0n) is 9.61. The Kier molecular flexibility index (Phi) is 3.19. The van der Waals surface area contributed by atoms with Gasteiger partial charge in [-0.2, -0.15) is 0 Å². The smallest absolute Gasteiger partial charge is 0.233 e. The Bertz CT molecular complexity index is 589. The number of hydrogen-bond donors (Lipinski definition) is 1. The largest absolute Gasteiger partial charge is 0.302 e. The Hall–Kier alpha value is -1.75. The molecule has 1 heterocycles. The second-order valence-corrected chi connectivity index (χ2v) is 4.90. The number of amides is 1. The standard InChI is InChI=1S/C12H12N2O2S/c1-7-4-3-5-9-11(7)14-12(17-9)13-10(16)6-8(2)15/h3-5H,6H2,1-2H3,(H,13,14,16). The first-order chi connectivity index (χ1) is 8.06. The average molecular weight is 248 g/mol. The minimum Gasteiger partial charge on any atom is -0.302 e. The summed E-state index contributed by atoms with van der Waals surface area (Å²) in [5, 5.41) is 3.18. The van der Waals surface area contributed by atoms with Gasteiger partial charge in [0.15, 0.2) is 5.13 Å². The molecule has 0 aliphatic carbocycles. The van der Waals surface area contributed by atoms with Gasteiger partial charge in [-0.15, -0.1) is 0 Å². The number of aromatic nitrogens is 1. The molecule has 2 rings (SSSR count). The molecule has 2 aromatic rings. The number of ketones is 1. The topological polar surface area (TPSA) is 59.1 Å². The van der Waals surface area contributed by atoms with Crippen molar-refractivity contribution < 1.29 is 9.59 Å². The van der Waals surface area contributed by atoms with Crippen LogP contribution < -0.4 is 5.32 Å². The molecule has 5 heteroatoms. The molecule has 0 aliphatic heterocycles. The van der Waals surface area contributed by atoms with Gasteiger partial charge in [0.1, 0.15) is 5.78 Å². The van der Waals surface area contributed by atoms with E-state index in [1.54, 1.807) is 0 Å². The number of para-hydroxylation sites is 1. The molecule has 1 amide bonds. The number of benzene rings is 1. The summed E-state index contributed by atoms with van der Waals surface area (Å²) >= 11 is 1.41. The summed E-state index contributed by atoms with van der Waals surface area (Å²) in [6.07, 6.45) is -0.102. The van der Waals surface area contributed by atoms with Crippen LogP contribution >= 0.6 is 11.3 Å². The molecule has 0 aliphatic rings. The van der Waals surface area contributed by atoms with Gasteiger partial charge >= 0.3 is 0 Å². The lowest BCUT2D eigenvalue weighted by molar-refractivity contribution is -0.124. The first-order valence-electron chi connectivity index (χ1n) is 5.21. The van der Waals surface area contributed by atoms with E-state index < -0.39 is 0 Å². The van der Waals surface area contributed by atoms with Crippen molar-refractivity contribution in [2.24, 2.45) is 0 Å². The highest BCUT2D eigenvalue weighted by molar-refractivity contribution is 7.22. The molecule has 88 valence electrons. The van der Waals surface area contributed by atoms with E-state index in [4.69, 9.17) is 0 Å². The molecule has 1 N–H and O–H groups in total. The third-order valence-electron chi connectivity index (χ3n) is 2.28. The molecular formula is C12H12N2O2S. The molecule has 4 nitrogen and oxygen atoms in total. The maximum absolute atomic E-state index is 11.4. The molecule has 1 aromatic heterocycles. The molecule has 0 fully saturated rings. The van der Waals surface area contributed by atoms with Gasteiger partial charge in [0, 0.05) is 0 Å². The van der Waals surface area contributed by atoms with E-state index in [1.807, 2.05) is 25.1 Å². The summed E-state index contributed by atoms with van der Waals surface area (Å²) in [6.45, 7) is 3.37. The molecule has 0 radical (unpaired) electrons. The molecule has 0 bridgehead atoms. The zero-order valence-corrected chi connectivity index (χ0v) is 10.4. The molecule has 0 unspecified atom stereocenters. The highest BCUT2D eigenvalue weighted by Gasteiger charge is 2.10. The summed E-state index contributed by atoms with van der Waals surface area (Å²) in [4.78, 5) is 26.5. The second kappa shape index (κ2) is 4.63. The minimum atomic E-state index is -0.311. The minimum absolute atomic E-state index is 0.102. The molecule has 0 atom stereocenters. The van der Waals surface area contributed by atoms with Gasteiger partial charge in [-0.05, 0) is 25.5 Å². The predicted molar refractivity (Wildman–Crippen MR) is 68.3 cm³/mol. The number of carbonyl (C=O) groups is 2. The molecule has 0 spiro atoms. The van der Waals surface area contributed by atoms with Crippen molar-refractivity contribution in [2.75, 3.05) is 5.32 Å². The average Bonchev–Trinajstić information content (AvgIpc) is 2.60. The fraction of sp³-hybridized carbons (Fsp3) is 0.250. The van der Waals surface area contributed by atoms with E-state index in [0.717, 1.165) is 15.8 Å². The van der Waals surface area contributed by atoms with Crippen LogP contribution in [-0.4, -0.2) is 16.7 Å². The third kappa shape index (κ3) is 2.68. The first kappa shape index (κ1) is 11.7. The number of aryl methyl sites for hydroxylation is 1. The van der Waals surface area contributed by atoms with Gasteiger partial charge in [-0.1, -0.05) is 23.5 Å². The number of carbonyl (C=O) groups excluding carboxylic acids is 2.